The van der Waals surface area contributed by atoms with Crippen molar-refractivity contribution in [3.63, 3.8) is 0 Å². The van der Waals surface area contributed by atoms with E-state index in [1.807, 2.05) is 16.8 Å². The van der Waals surface area contributed by atoms with E-state index < -0.39 is 5.91 Å². The zero-order valence-corrected chi connectivity index (χ0v) is 12.7. The van der Waals surface area contributed by atoms with E-state index in [4.69, 9.17) is 20.8 Å². The third-order valence-corrected chi connectivity index (χ3v) is 3.56. The van der Waals surface area contributed by atoms with Crippen LogP contribution in [0.4, 0.5) is 6.01 Å². The molecule has 112 valence electrons. The van der Waals surface area contributed by atoms with Crippen molar-refractivity contribution in [3.8, 4) is 17.2 Å². The Balaban J connectivity index is 1.54. The summed E-state index contributed by atoms with van der Waals surface area (Å²) in [5.41, 5.74) is 0.815. The zero-order chi connectivity index (χ0) is 15.4. The van der Waals surface area contributed by atoms with Crippen LogP contribution in [0.3, 0.4) is 0 Å². The highest BCUT2D eigenvalue weighted by Gasteiger charge is 2.12. The van der Waals surface area contributed by atoms with E-state index in [0.29, 0.717) is 16.7 Å². The fourth-order valence-electron chi connectivity index (χ4n) is 1.61. The van der Waals surface area contributed by atoms with Gasteiger partial charge in [-0.2, -0.15) is 11.3 Å². The lowest BCUT2D eigenvalue weighted by Gasteiger charge is -2.04. The number of thiophene rings is 1. The Morgan fingerprint density at radius 3 is 2.82 bits per heavy atom. The van der Waals surface area contributed by atoms with Gasteiger partial charge in [0, 0.05) is 16.0 Å². The van der Waals surface area contributed by atoms with Gasteiger partial charge in [-0.1, -0.05) is 16.7 Å². The number of nitrogens with one attached hydrogen (secondary N) is 1. The summed E-state index contributed by atoms with van der Waals surface area (Å²) in [5.74, 6) is 0.509. The van der Waals surface area contributed by atoms with Gasteiger partial charge in [-0.25, -0.2) is 0 Å². The number of anilines is 1. The average molecular weight is 336 g/mol. The van der Waals surface area contributed by atoms with Crippen LogP contribution < -0.4 is 10.1 Å². The Morgan fingerprint density at radius 2 is 2.09 bits per heavy atom. The first-order valence-electron chi connectivity index (χ1n) is 6.25. The summed E-state index contributed by atoms with van der Waals surface area (Å²) in [6.45, 7) is -0.169. The lowest BCUT2D eigenvalue weighted by Crippen LogP contribution is -2.20. The van der Waals surface area contributed by atoms with Crippen LogP contribution >= 0.6 is 22.9 Å². The van der Waals surface area contributed by atoms with Crippen LogP contribution in [0.15, 0.2) is 45.5 Å². The number of hydrogen-bond acceptors (Lipinski definition) is 6. The van der Waals surface area contributed by atoms with Crippen molar-refractivity contribution in [1.82, 2.24) is 10.2 Å². The van der Waals surface area contributed by atoms with E-state index in [1.165, 1.54) is 11.3 Å². The maximum Gasteiger partial charge on any atom is 0.322 e. The molecule has 3 aromatic rings. The van der Waals surface area contributed by atoms with Crippen LogP contribution in [0.25, 0.3) is 11.5 Å². The van der Waals surface area contributed by atoms with E-state index in [-0.39, 0.29) is 12.6 Å². The molecule has 0 fully saturated rings. The molecule has 1 aromatic carbocycles. The smallest absolute Gasteiger partial charge is 0.322 e. The highest BCUT2D eigenvalue weighted by molar-refractivity contribution is 7.08. The van der Waals surface area contributed by atoms with Crippen LogP contribution in [0.2, 0.25) is 5.02 Å². The molecule has 0 radical (unpaired) electrons. The molecule has 3 rings (SSSR count). The van der Waals surface area contributed by atoms with Crippen molar-refractivity contribution in [2.45, 2.75) is 0 Å². The van der Waals surface area contributed by atoms with Crippen molar-refractivity contribution >= 4 is 34.9 Å². The van der Waals surface area contributed by atoms with Gasteiger partial charge < -0.3 is 9.15 Å². The summed E-state index contributed by atoms with van der Waals surface area (Å²) in [6, 6.07) is 8.60. The number of hydrogen-bond donors (Lipinski definition) is 1. The minimum absolute atomic E-state index is 0.0332. The fourth-order valence-corrected chi connectivity index (χ4v) is 2.37. The largest absolute Gasteiger partial charge is 0.484 e. The monoisotopic (exact) mass is 335 g/mol. The van der Waals surface area contributed by atoms with Crippen LogP contribution in [0, 0.1) is 0 Å². The maximum atomic E-state index is 11.8. The molecule has 1 N–H and O–H groups in total. The molecule has 6 nitrogen and oxygen atoms in total. The Bertz CT molecular complexity index is 756. The van der Waals surface area contributed by atoms with Crippen molar-refractivity contribution in [2.75, 3.05) is 11.9 Å². The summed E-state index contributed by atoms with van der Waals surface area (Å²) < 4.78 is 10.7. The number of nitrogens with zero attached hydrogens (tertiary/aromatic N) is 2. The van der Waals surface area contributed by atoms with Gasteiger partial charge in [-0.3, -0.25) is 10.1 Å². The molecule has 0 unspecified atom stereocenters. The standard InChI is InChI=1S/C14H10ClN3O3S/c15-10-1-3-11(4-2-10)20-7-12(19)16-14-18-17-13(21-14)9-5-6-22-8-9/h1-6,8H,7H2,(H,16,18,19). The highest BCUT2D eigenvalue weighted by Crippen LogP contribution is 2.22. The molecule has 0 spiro atoms. The summed E-state index contributed by atoms with van der Waals surface area (Å²) >= 11 is 7.28. The number of amides is 1. The zero-order valence-electron chi connectivity index (χ0n) is 11.2. The van der Waals surface area contributed by atoms with E-state index in [2.05, 4.69) is 15.5 Å². The van der Waals surface area contributed by atoms with E-state index in [0.717, 1.165) is 5.56 Å². The Morgan fingerprint density at radius 1 is 1.27 bits per heavy atom. The number of rotatable bonds is 5. The van der Waals surface area contributed by atoms with Gasteiger partial charge in [0.05, 0.1) is 0 Å². The quantitative estimate of drug-likeness (QED) is 0.772. The summed E-state index contributed by atoms with van der Waals surface area (Å²) in [4.78, 5) is 11.8. The summed E-state index contributed by atoms with van der Waals surface area (Å²) in [6.07, 6.45) is 0. The maximum absolute atomic E-state index is 11.8. The second-order valence-electron chi connectivity index (χ2n) is 4.22. The third-order valence-electron chi connectivity index (χ3n) is 2.62. The SMILES string of the molecule is O=C(COc1ccc(Cl)cc1)Nc1nnc(-c2ccsc2)o1. The Labute approximate surface area is 134 Å². The number of ether oxygens (including phenoxy) is 1. The first-order chi connectivity index (χ1) is 10.7. The molecule has 0 aliphatic heterocycles. The van der Waals surface area contributed by atoms with Gasteiger partial charge in [0.2, 0.25) is 0 Å². The van der Waals surface area contributed by atoms with Gasteiger partial charge in [-0.15, -0.1) is 5.10 Å². The van der Waals surface area contributed by atoms with Crippen LogP contribution in [0.5, 0.6) is 5.75 Å². The second-order valence-corrected chi connectivity index (χ2v) is 5.43. The molecule has 0 atom stereocenters. The fraction of sp³-hybridized carbons (Fsp3) is 0.0714. The first kappa shape index (κ1) is 14.6. The molecule has 8 heteroatoms. The minimum atomic E-state index is -0.393. The van der Waals surface area contributed by atoms with Crippen molar-refractivity contribution in [3.05, 3.63) is 46.1 Å². The molecule has 0 bridgehead atoms. The summed E-state index contributed by atoms with van der Waals surface area (Å²) in [7, 11) is 0. The molecule has 22 heavy (non-hydrogen) atoms. The van der Waals surface area contributed by atoms with Crippen LogP contribution in [-0.2, 0) is 4.79 Å². The molecular formula is C14H10ClN3O3S. The predicted octanol–water partition coefficient (Wildman–Crippen LogP) is 3.47. The number of halogens is 1. The van der Waals surface area contributed by atoms with E-state index >= 15 is 0 Å². The molecule has 2 heterocycles. The number of carbonyl (C=O) groups excluding carboxylic acids is 1. The topological polar surface area (TPSA) is 77.2 Å². The minimum Gasteiger partial charge on any atom is -0.484 e. The molecular weight excluding hydrogens is 326 g/mol. The van der Waals surface area contributed by atoms with Crippen molar-refractivity contribution in [2.24, 2.45) is 0 Å². The molecule has 0 aliphatic carbocycles. The van der Waals surface area contributed by atoms with E-state index in [9.17, 15) is 4.79 Å². The third kappa shape index (κ3) is 3.63. The van der Waals surface area contributed by atoms with Gasteiger partial charge >= 0.3 is 6.01 Å². The highest BCUT2D eigenvalue weighted by atomic mass is 35.5. The number of benzene rings is 1. The molecule has 0 saturated carbocycles. The predicted molar refractivity (Wildman–Crippen MR) is 83.2 cm³/mol. The van der Waals surface area contributed by atoms with E-state index in [1.54, 1.807) is 24.3 Å². The van der Waals surface area contributed by atoms with Crippen molar-refractivity contribution in [1.29, 1.82) is 0 Å². The second kappa shape index (κ2) is 6.59. The van der Waals surface area contributed by atoms with Crippen molar-refractivity contribution < 1.29 is 13.9 Å². The summed E-state index contributed by atoms with van der Waals surface area (Å²) in [5, 5.41) is 14.5. The van der Waals surface area contributed by atoms with Gasteiger partial charge in [0.1, 0.15) is 5.75 Å². The number of aromatic nitrogens is 2. The number of carbonyl (C=O) groups is 1. The van der Waals surface area contributed by atoms with Gasteiger partial charge in [0.15, 0.2) is 6.61 Å². The van der Waals surface area contributed by atoms with Gasteiger partial charge in [-0.05, 0) is 35.7 Å². The molecule has 1 amide bonds. The normalized spacial score (nSPS) is 10.4. The van der Waals surface area contributed by atoms with Crippen LogP contribution in [0.1, 0.15) is 0 Å². The Kier molecular flexibility index (Phi) is 4.36. The molecule has 0 saturated heterocycles. The first-order valence-corrected chi connectivity index (χ1v) is 7.57. The average Bonchev–Trinajstić information content (AvgIpc) is 3.17. The lowest BCUT2D eigenvalue weighted by molar-refractivity contribution is -0.118. The van der Waals surface area contributed by atoms with Crippen LogP contribution in [-0.4, -0.2) is 22.7 Å². The molecule has 2 aromatic heterocycles. The lowest BCUT2D eigenvalue weighted by atomic mass is 10.3. The van der Waals surface area contributed by atoms with Gasteiger partial charge in [0.25, 0.3) is 11.8 Å². The Hall–Kier alpha value is -2.38. The molecule has 0 aliphatic rings.